The summed E-state index contributed by atoms with van der Waals surface area (Å²) >= 11 is 0. The molecule has 0 radical (unpaired) electrons. The first-order valence-corrected chi connectivity index (χ1v) is 7.00. The molecule has 0 fully saturated rings. The van der Waals surface area contributed by atoms with Gasteiger partial charge in [0.05, 0.1) is 5.69 Å². The monoisotopic (exact) mass is 279 g/mol. The van der Waals surface area contributed by atoms with Crippen molar-refractivity contribution in [2.75, 3.05) is 13.2 Å². The van der Waals surface area contributed by atoms with Gasteiger partial charge in [-0.2, -0.15) is 0 Å². The molecule has 0 saturated carbocycles. The highest BCUT2D eigenvalue weighted by molar-refractivity contribution is 5.87. The average molecular weight is 279 g/mol. The van der Waals surface area contributed by atoms with E-state index in [1.807, 2.05) is 20.8 Å². The molecule has 1 aliphatic rings. The number of carbonyl (C=O) groups is 1. The minimum atomic E-state index is -0.998. The number of aromatic nitrogens is 2. The van der Waals surface area contributed by atoms with Gasteiger partial charge in [0.2, 0.25) is 0 Å². The van der Waals surface area contributed by atoms with Gasteiger partial charge >= 0.3 is 5.97 Å². The molecule has 0 aromatic carbocycles. The van der Waals surface area contributed by atoms with E-state index in [1.54, 1.807) is 0 Å². The lowest BCUT2D eigenvalue weighted by atomic mass is 9.99. The molecule has 2 N–H and O–H groups in total. The van der Waals surface area contributed by atoms with Crippen LogP contribution in [0.5, 0.6) is 0 Å². The van der Waals surface area contributed by atoms with Crippen molar-refractivity contribution in [3.8, 4) is 0 Å². The average Bonchev–Trinajstić information content (AvgIpc) is 2.46. The van der Waals surface area contributed by atoms with Gasteiger partial charge < -0.3 is 15.2 Å². The molecule has 0 aliphatic carbocycles. The van der Waals surface area contributed by atoms with Gasteiger partial charge in [0.1, 0.15) is 5.60 Å². The van der Waals surface area contributed by atoms with Crippen molar-refractivity contribution < 1.29 is 14.6 Å². The topological polar surface area (TPSA) is 84.3 Å². The molecule has 1 aromatic rings. The van der Waals surface area contributed by atoms with E-state index in [0.29, 0.717) is 31.8 Å². The van der Waals surface area contributed by atoms with E-state index in [-0.39, 0.29) is 5.69 Å². The Balaban J connectivity index is 2.55. The van der Waals surface area contributed by atoms with Gasteiger partial charge in [-0.25, -0.2) is 14.8 Å². The fraction of sp³-hybridized carbons (Fsp3) is 0.643. The highest BCUT2D eigenvalue weighted by Crippen LogP contribution is 2.28. The van der Waals surface area contributed by atoms with Gasteiger partial charge in [-0.05, 0) is 33.2 Å². The number of nitrogens with one attached hydrogen (secondary N) is 1. The zero-order valence-electron chi connectivity index (χ0n) is 12.2. The molecule has 110 valence electrons. The Bertz CT molecular complexity index is 519. The third kappa shape index (κ3) is 2.66. The van der Waals surface area contributed by atoms with Crippen LogP contribution in [0.15, 0.2) is 0 Å². The second-order valence-electron chi connectivity index (χ2n) is 5.07. The Morgan fingerprint density at radius 2 is 2.20 bits per heavy atom. The van der Waals surface area contributed by atoms with Crippen molar-refractivity contribution in [3.05, 3.63) is 22.8 Å². The van der Waals surface area contributed by atoms with Gasteiger partial charge in [0.15, 0.2) is 11.5 Å². The van der Waals surface area contributed by atoms with Crippen LogP contribution in [0.25, 0.3) is 0 Å². The molecule has 0 bridgehead atoms. The molecular weight excluding hydrogens is 258 g/mol. The van der Waals surface area contributed by atoms with Crippen LogP contribution >= 0.6 is 0 Å². The lowest BCUT2D eigenvalue weighted by Crippen LogP contribution is -2.33. The Labute approximate surface area is 118 Å². The summed E-state index contributed by atoms with van der Waals surface area (Å²) in [5.74, 6) is -0.538. The molecule has 2 heterocycles. The summed E-state index contributed by atoms with van der Waals surface area (Å²) in [4.78, 5) is 20.3. The molecule has 1 aromatic heterocycles. The van der Waals surface area contributed by atoms with Crippen molar-refractivity contribution in [2.24, 2.45) is 0 Å². The van der Waals surface area contributed by atoms with Crippen molar-refractivity contribution >= 4 is 5.97 Å². The van der Waals surface area contributed by atoms with E-state index in [0.717, 1.165) is 17.8 Å². The van der Waals surface area contributed by atoms with Crippen molar-refractivity contribution in [1.29, 1.82) is 0 Å². The third-order valence-electron chi connectivity index (χ3n) is 3.75. The van der Waals surface area contributed by atoms with Crippen LogP contribution < -0.4 is 5.32 Å². The molecule has 2 rings (SSSR count). The predicted molar refractivity (Wildman–Crippen MR) is 73.7 cm³/mol. The maximum atomic E-state index is 11.4. The number of hydrogen-bond donors (Lipinski definition) is 2. The molecule has 0 spiro atoms. The molecule has 1 atom stereocenters. The van der Waals surface area contributed by atoms with E-state index in [9.17, 15) is 9.90 Å². The molecular formula is C14H21N3O3. The number of fused-ring (bicyclic) bond motifs is 1. The van der Waals surface area contributed by atoms with E-state index in [4.69, 9.17) is 4.74 Å². The standard InChI is InChI=1S/C14H21N3O3/c1-4-14(3,20-5-2)13-16-10-8-15-7-6-9(10)11(17-13)12(18)19/h15H,4-8H2,1-3H3,(H,18,19). The van der Waals surface area contributed by atoms with E-state index < -0.39 is 11.6 Å². The number of carboxylic acids is 1. The van der Waals surface area contributed by atoms with E-state index in [1.165, 1.54) is 0 Å². The summed E-state index contributed by atoms with van der Waals surface area (Å²) in [7, 11) is 0. The second-order valence-corrected chi connectivity index (χ2v) is 5.07. The molecule has 6 heteroatoms. The quantitative estimate of drug-likeness (QED) is 0.849. The summed E-state index contributed by atoms with van der Waals surface area (Å²) in [6.07, 6.45) is 1.33. The van der Waals surface area contributed by atoms with Crippen LogP contribution in [-0.2, 0) is 23.3 Å². The van der Waals surface area contributed by atoms with Crippen LogP contribution in [-0.4, -0.2) is 34.2 Å². The molecule has 20 heavy (non-hydrogen) atoms. The summed E-state index contributed by atoms with van der Waals surface area (Å²) in [5.41, 5.74) is 0.990. The van der Waals surface area contributed by atoms with Crippen LogP contribution in [0, 0.1) is 0 Å². The summed E-state index contributed by atoms with van der Waals surface area (Å²) in [5, 5.41) is 12.6. The zero-order valence-corrected chi connectivity index (χ0v) is 12.2. The minimum Gasteiger partial charge on any atom is -0.477 e. The molecule has 1 unspecified atom stereocenters. The number of hydrogen-bond acceptors (Lipinski definition) is 5. The molecule has 0 amide bonds. The van der Waals surface area contributed by atoms with Gasteiger partial charge in [-0.1, -0.05) is 6.92 Å². The number of carboxylic acid groups (broad SMARTS) is 1. The zero-order chi connectivity index (χ0) is 14.8. The SMILES string of the molecule is CCOC(C)(CC)c1nc2c(c(C(=O)O)n1)CCNC2. The minimum absolute atomic E-state index is 0.117. The summed E-state index contributed by atoms with van der Waals surface area (Å²) in [6, 6.07) is 0. The lowest BCUT2D eigenvalue weighted by Gasteiger charge is -2.28. The first kappa shape index (κ1) is 14.9. The second kappa shape index (κ2) is 5.85. The fourth-order valence-electron chi connectivity index (χ4n) is 2.42. The molecule has 0 saturated heterocycles. The summed E-state index contributed by atoms with van der Waals surface area (Å²) < 4.78 is 5.75. The van der Waals surface area contributed by atoms with E-state index in [2.05, 4.69) is 15.3 Å². The number of ether oxygens (including phenoxy) is 1. The summed E-state index contributed by atoms with van der Waals surface area (Å²) in [6.45, 7) is 7.66. The maximum absolute atomic E-state index is 11.4. The van der Waals surface area contributed by atoms with Crippen molar-refractivity contribution in [3.63, 3.8) is 0 Å². The predicted octanol–water partition coefficient (Wildman–Crippen LogP) is 1.48. The van der Waals surface area contributed by atoms with Gasteiger partial charge in [-0.3, -0.25) is 0 Å². The van der Waals surface area contributed by atoms with Crippen molar-refractivity contribution in [2.45, 2.75) is 45.8 Å². The van der Waals surface area contributed by atoms with Gasteiger partial charge in [-0.15, -0.1) is 0 Å². The lowest BCUT2D eigenvalue weighted by molar-refractivity contribution is -0.0393. The van der Waals surface area contributed by atoms with Crippen LogP contribution in [0.1, 0.15) is 54.8 Å². The van der Waals surface area contributed by atoms with Gasteiger partial charge in [0, 0.05) is 18.7 Å². The number of nitrogens with zero attached hydrogens (tertiary/aromatic N) is 2. The van der Waals surface area contributed by atoms with Crippen molar-refractivity contribution in [1.82, 2.24) is 15.3 Å². The highest BCUT2D eigenvalue weighted by Gasteiger charge is 2.32. The van der Waals surface area contributed by atoms with Crippen LogP contribution in [0.4, 0.5) is 0 Å². The largest absolute Gasteiger partial charge is 0.477 e. The number of aromatic carboxylic acids is 1. The Morgan fingerprint density at radius 3 is 2.80 bits per heavy atom. The Hall–Kier alpha value is -1.53. The Morgan fingerprint density at radius 1 is 1.45 bits per heavy atom. The smallest absolute Gasteiger partial charge is 0.354 e. The van der Waals surface area contributed by atoms with E-state index >= 15 is 0 Å². The first-order chi connectivity index (χ1) is 9.51. The molecule has 6 nitrogen and oxygen atoms in total. The first-order valence-electron chi connectivity index (χ1n) is 7.00. The van der Waals surface area contributed by atoms with Crippen LogP contribution in [0.3, 0.4) is 0 Å². The molecule has 1 aliphatic heterocycles. The highest BCUT2D eigenvalue weighted by atomic mass is 16.5. The normalized spacial score (nSPS) is 17.4. The number of rotatable bonds is 5. The Kier molecular flexibility index (Phi) is 4.35. The fourth-order valence-corrected chi connectivity index (χ4v) is 2.42. The van der Waals surface area contributed by atoms with Crippen LogP contribution in [0.2, 0.25) is 0 Å². The maximum Gasteiger partial charge on any atom is 0.354 e. The van der Waals surface area contributed by atoms with Gasteiger partial charge in [0.25, 0.3) is 0 Å². The third-order valence-corrected chi connectivity index (χ3v) is 3.75.